The molecule has 198 valence electrons. The summed E-state index contributed by atoms with van der Waals surface area (Å²) in [6, 6.07) is 15.9. The predicted octanol–water partition coefficient (Wildman–Crippen LogP) is 2.72. The summed E-state index contributed by atoms with van der Waals surface area (Å²) in [7, 11) is 0. The van der Waals surface area contributed by atoms with Gasteiger partial charge in [0.05, 0.1) is 11.6 Å². The molecule has 1 aliphatic heterocycles. The molecule has 6 nitrogen and oxygen atoms in total. The smallest absolute Gasteiger partial charge is 0.549 e. The molecule has 0 radical (unpaired) electrons. The number of nitrogens with one attached hydrogen (secondary N) is 1. The van der Waals surface area contributed by atoms with Crippen molar-refractivity contribution in [1.29, 1.82) is 0 Å². The zero-order chi connectivity index (χ0) is 26.6. The van der Waals surface area contributed by atoms with Crippen molar-refractivity contribution >= 4 is 35.1 Å². The number of benzene rings is 3. The third-order valence-electron chi connectivity index (χ3n) is 7.10. The molecular formula is C30H28Cl2NNaO5. The molecule has 1 aliphatic carbocycles. The first-order valence-electron chi connectivity index (χ1n) is 12.9. The number of rotatable bonds is 10. The molecular weight excluding hydrogens is 548 g/mol. The number of carboxylic acid groups (broad SMARTS) is 1. The Morgan fingerprint density at radius 2 is 1.74 bits per heavy atom. The van der Waals surface area contributed by atoms with Gasteiger partial charge in [-0.25, -0.2) is 0 Å². The van der Waals surface area contributed by atoms with Crippen molar-refractivity contribution in [1.82, 2.24) is 5.32 Å². The molecule has 1 saturated carbocycles. The minimum Gasteiger partial charge on any atom is -0.549 e. The number of halogens is 2. The Balaban J connectivity index is 0.00000353. The zero-order valence-corrected chi connectivity index (χ0v) is 25.3. The molecule has 1 unspecified atom stereocenters. The molecule has 1 amide bonds. The van der Waals surface area contributed by atoms with Gasteiger partial charge in [0, 0.05) is 40.6 Å². The summed E-state index contributed by atoms with van der Waals surface area (Å²) in [6.07, 6.45) is 5.94. The average Bonchev–Trinajstić information content (AvgIpc) is 3.73. The first-order valence-corrected chi connectivity index (χ1v) is 13.6. The van der Waals surface area contributed by atoms with Gasteiger partial charge in [-0.2, -0.15) is 0 Å². The van der Waals surface area contributed by atoms with Crippen molar-refractivity contribution in [2.45, 2.75) is 44.4 Å². The van der Waals surface area contributed by atoms with E-state index in [0.717, 1.165) is 23.8 Å². The second kappa shape index (κ2) is 13.4. The minimum absolute atomic E-state index is 0. The molecule has 3 aromatic rings. The summed E-state index contributed by atoms with van der Waals surface area (Å²) >= 11 is 12.6. The second-order valence-corrected chi connectivity index (χ2v) is 10.7. The molecule has 1 heterocycles. The Labute approximate surface area is 260 Å². The van der Waals surface area contributed by atoms with Crippen molar-refractivity contribution in [3.8, 4) is 17.2 Å². The van der Waals surface area contributed by atoms with Gasteiger partial charge in [0.25, 0.3) is 5.91 Å². The molecule has 0 bridgehead atoms. The van der Waals surface area contributed by atoms with Crippen molar-refractivity contribution in [2.24, 2.45) is 5.92 Å². The van der Waals surface area contributed by atoms with Crippen LogP contribution in [0, 0.1) is 5.92 Å². The van der Waals surface area contributed by atoms with Gasteiger partial charge in [-0.05, 0) is 85.2 Å². The van der Waals surface area contributed by atoms with E-state index in [1.807, 2.05) is 12.1 Å². The van der Waals surface area contributed by atoms with Gasteiger partial charge in [-0.1, -0.05) is 42.1 Å². The fourth-order valence-electron chi connectivity index (χ4n) is 4.76. The van der Waals surface area contributed by atoms with Gasteiger partial charge in [-0.3, -0.25) is 4.79 Å². The van der Waals surface area contributed by atoms with E-state index in [0.29, 0.717) is 41.3 Å². The van der Waals surface area contributed by atoms with Gasteiger partial charge in [-0.15, -0.1) is 0 Å². The summed E-state index contributed by atoms with van der Waals surface area (Å²) < 4.78 is 11.5. The predicted molar refractivity (Wildman–Crippen MR) is 144 cm³/mol. The molecule has 1 atom stereocenters. The van der Waals surface area contributed by atoms with E-state index in [9.17, 15) is 14.7 Å². The van der Waals surface area contributed by atoms with Crippen LogP contribution in [0.4, 0.5) is 0 Å². The number of fused-ring (bicyclic) bond motifs is 1. The third-order valence-corrected chi connectivity index (χ3v) is 7.63. The summed E-state index contributed by atoms with van der Waals surface area (Å²) in [6.45, 7) is 0.795. The normalized spacial score (nSPS) is 15.9. The SMILES string of the molecule is O=C(NCCc1ccc(Cl)cc1CCC1CC1)c1ccc(Oc2cc3c(cc2Cl)C(C(=O)[O-])CCO3)cc1.[Na+]. The fourth-order valence-corrected chi connectivity index (χ4v) is 5.17. The Morgan fingerprint density at radius 3 is 2.46 bits per heavy atom. The van der Waals surface area contributed by atoms with E-state index in [-0.39, 0.29) is 47.1 Å². The van der Waals surface area contributed by atoms with Crippen LogP contribution in [-0.4, -0.2) is 25.0 Å². The molecule has 5 rings (SSSR count). The Kier molecular flexibility index (Phi) is 10.2. The van der Waals surface area contributed by atoms with E-state index < -0.39 is 11.9 Å². The summed E-state index contributed by atoms with van der Waals surface area (Å²) in [5, 5.41) is 15.4. The van der Waals surface area contributed by atoms with E-state index in [1.54, 1.807) is 36.4 Å². The van der Waals surface area contributed by atoms with Crippen LogP contribution in [0.25, 0.3) is 0 Å². The first kappa shape index (κ1) is 29.8. The molecule has 9 heteroatoms. The first-order chi connectivity index (χ1) is 18.4. The molecule has 0 aromatic heterocycles. The maximum Gasteiger partial charge on any atom is 1.00 e. The van der Waals surface area contributed by atoms with Crippen molar-refractivity contribution in [3.63, 3.8) is 0 Å². The van der Waals surface area contributed by atoms with Crippen molar-refractivity contribution in [3.05, 3.63) is 86.9 Å². The quantitative estimate of drug-likeness (QED) is 0.376. The van der Waals surface area contributed by atoms with Gasteiger partial charge in [0.15, 0.2) is 0 Å². The molecule has 3 aromatic carbocycles. The Morgan fingerprint density at radius 1 is 0.974 bits per heavy atom. The topological polar surface area (TPSA) is 87.7 Å². The number of carbonyl (C=O) groups excluding carboxylic acids is 2. The number of ether oxygens (including phenoxy) is 2. The van der Waals surface area contributed by atoms with Crippen LogP contribution >= 0.6 is 23.2 Å². The van der Waals surface area contributed by atoms with Crippen LogP contribution < -0.4 is 49.5 Å². The molecule has 39 heavy (non-hydrogen) atoms. The maximum absolute atomic E-state index is 12.7. The number of carbonyl (C=O) groups is 2. The summed E-state index contributed by atoms with van der Waals surface area (Å²) in [5.41, 5.74) is 3.48. The molecule has 2 aliphatic rings. The van der Waals surface area contributed by atoms with Crippen molar-refractivity contribution in [2.75, 3.05) is 13.2 Å². The second-order valence-electron chi connectivity index (χ2n) is 9.86. The Bertz CT molecular complexity index is 1340. The average molecular weight is 576 g/mol. The van der Waals surface area contributed by atoms with Gasteiger partial charge >= 0.3 is 29.6 Å². The summed E-state index contributed by atoms with van der Waals surface area (Å²) in [4.78, 5) is 24.1. The van der Waals surface area contributed by atoms with E-state index in [1.165, 1.54) is 30.4 Å². The number of aryl methyl sites for hydroxylation is 1. The molecule has 1 N–H and O–H groups in total. The van der Waals surface area contributed by atoms with Crippen LogP contribution in [0.3, 0.4) is 0 Å². The van der Waals surface area contributed by atoms with Gasteiger partial charge < -0.3 is 24.7 Å². The fraction of sp³-hybridized carbons (Fsp3) is 0.333. The minimum atomic E-state index is -1.16. The van der Waals surface area contributed by atoms with E-state index in [4.69, 9.17) is 32.7 Å². The zero-order valence-electron chi connectivity index (χ0n) is 21.8. The summed E-state index contributed by atoms with van der Waals surface area (Å²) in [5.74, 6) is -0.00519. The van der Waals surface area contributed by atoms with E-state index >= 15 is 0 Å². The maximum atomic E-state index is 12.7. The van der Waals surface area contributed by atoms with Crippen LogP contribution in [0.1, 0.15) is 58.6 Å². The molecule has 0 saturated heterocycles. The van der Waals surface area contributed by atoms with Crippen LogP contribution in [0.5, 0.6) is 17.2 Å². The number of hydrogen-bond donors (Lipinski definition) is 1. The third kappa shape index (κ3) is 7.71. The van der Waals surface area contributed by atoms with Crippen molar-refractivity contribution < 1.29 is 53.7 Å². The Hall–Kier alpha value is -2.22. The van der Waals surface area contributed by atoms with Crippen LogP contribution in [-0.2, 0) is 17.6 Å². The van der Waals surface area contributed by atoms with Crippen LogP contribution in [0.15, 0.2) is 54.6 Å². The molecule has 0 spiro atoms. The number of carboxylic acids is 1. The largest absolute Gasteiger partial charge is 1.00 e. The number of hydrogen-bond acceptors (Lipinski definition) is 5. The van der Waals surface area contributed by atoms with Gasteiger partial charge in [0.1, 0.15) is 17.2 Å². The standard InChI is InChI=1S/C30H29Cl2NO5.Na/c31-22-8-5-19(21(15-22)4-3-18-1-2-18)11-13-33-29(34)20-6-9-23(10-7-20)38-28-17-27-25(16-26(28)32)24(30(35)36)12-14-37-27;/h5-10,15-18,24H,1-4,11-14H2,(H,33,34)(H,35,36);/q;+1/p-1. The number of amides is 1. The van der Waals surface area contributed by atoms with Gasteiger partial charge in [0.2, 0.25) is 0 Å². The van der Waals surface area contributed by atoms with Crippen LogP contribution in [0.2, 0.25) is 10.0 Å². The number of aliphatic carboxylic acids is 1. The van der Waals surface area contributed by atoms with E-state index in [2.05, 4.69) is 11.4 Å². The molecule has 1 fully saturated rings. The monoisotopic (exact) mass is 575 g/mol.